The Bertz CT molecular complexity index is 251. The third-order valence-electron chi connectivity index (χ3n) is 2.93. The average molecular weight is 245 g/mol. The molecule has 0 saturated heterocycles. The number of aliphatic hydroxyl groups is 1. The molecule has 17 heavy (non-hydrogen) atoms. The van der Waals surface area contributed by atoms with Gasteiger partial charge in [0.25, 0.3) is 0 Å². The Hall–Kier alpha value is -1.10. The second kappa shape index (κ2) is 8.06. The van der Waals surface area contributed by atoms with Gasteiger partial charge in [-0.3, -0.25) is 9.59 Å². The van der Waals surface area contributed by atoms with E-state index in [1.165, 1.54) is 4.90 Å². The van der Waals surface area contributed by atoms with E-state index in [0.29, 0.717) is 0 Å². The second-order valence-electron chi connectivity index (χ2n) is 4.26. The first-order chi connectivity index (χ1) is 7.97. The first-order valence-corrected chi connectivity index (χ1v) is 6.10. The number of aliphatic hydroxyl groups excluding tert-OH is 1. The third-order valence-corrected chi connectivity index (χ3v) is 2.93. The van der Waals surface area contributed by atoms with Gasteiger partial charge in [-0.2, -0.15) is 0 Å². The molecule has 0 aromatic carbocycles. The van der Waals surface area contributed by atoms with Crippen LogP contribution in [-0.4, -0.2) is 46.7 Å². The molecule has 1 atom stereocenters. The number of aliphatic carboxylic acids is 1. The van der Waals surface area contributed by atoms with Gasteiger partial charge in [-0.1, -0.05) is 20.8 Å². The highest BCUT2D eigenvalue weighted by Crippen LogP contribution is 2.13. The lowest BCUT2D eigenvalue weighted by molar-refractivity contribution is -0.144. The highest BCUT2D eigenvalue weighted by atomic mass is 16.4. The number of carbonyl (C=O) groups is 2. The van der Waals surface area contributed by atoms with Crippen molar-refractivity contribution in [3.05, 3.63) is 0 Å². The Morgan fingerprint density at radius 3 is 2.12 bits per heavy atom. The van der Waals surface area contributed by atoms with Crippen molar-refractivity contribution >= 4 is 11.9 Å². The zero-order chi connectivity index (χ0) is 13.4. The lowest BCUT2D eigenvalue weighted by Crippen LogP contribution is -2.41. The first-order valence-electron chi connectivity index (χ1n) is 6.10. The molecule has 0 aliphatic carbocycles. The molecular formula is C12H23NO4. The van der Waals surface area contributed by atoms with E-state index in [0.717, 1.165) is 12.8 Å². The van der Waals surface area contributed by atoms with Gasteiger partial charge in [0.1, 0.15) is 0 Å². The van der Waals surface area contributed by atoms with Gasteiger partial charge >= 0.3 is 5.97 Å². The molecule has 0 aliphatic rings. The van der Waals surface area contributed by atoms with Crippen LogP contribution in [0.15, 0.2) is 0 Å². The Balaban J connectivity index is 4.60. The van der Waals surface area contributed by atoms with Crippen LogP contribution in [0.25, 0.3) is 0 Å². The monoisotopic (exact) mass is 245 g/mol. The van der Waals surface area contributed by atoms with Gasteiger partial charge in [0.2, 0.25) is 5.91 Å². The van der Waals surface area contributed by atoms with Crippen molar-refractivity contribution in [2.45, 2.75) is 33.6 Å². The minimum atomic E-state index is -0.926. The van der Waals surface area contributed by atoms with Gasteiger partial charge in [-0.05, 0) is 12.8 Å². The standard InChI is InChI=1S/C12H23NO4/c1-4-10(5-2)11(15)13(6-7-14)8-9(3)12(16)17/h9-10,14H,4-8H2,1-3H3,(H,16,17). The predicted molar refractivity (Wildman–Crippen MR) is 64.5 cm³/mol. The van der Waals surface area contributed by atoms with E-state index in [9.17, 15) is 9.59 Å². The number of amides is 1. The molecule has 0 bridgehead atoms. The number of carbonyl (C=O) groups excluding carboxylic acids is 1. The van der Waals surface area contributed by atoms with Gasteiger partial charge < -0.3 is 15.1 Å². The van der Waals surface area contributed by atoms with Crippen LogP contribution in [0.3, 0.4) is 0 Å². The predicted octanol–water partition coefficient (Wildman–Crippen LogP) is 0.964. The zero-order valence-corrected chi connectivity index (χ0v) is 10.8. The SMILES string of the molecule is CCC(CC)C(=O)N(CCO)CC(C)C(=O)O. The van der Waals surface area contributed by atoms with Gasteiger partial charge in [-0.15, -0.1) is 0 Å². The fourth-order valence-corrected chi connectivity index (χ4v) is 1.72. The van der Waals surface area contributed by atoms with Crippen molar-refractivity contribution in [1.82, 2.24) is 4.90 Å². The number of rotatable bonds is 8. The van der Waals surface area contributed by atoms with Crippen LogP contribution >= 0.6 is 0 Å². The highest BCUT2D eigenvalue weighted by molar-refractivity contribution is 5.79. The Kier molecular flexibility index (Phi) is 7.54. The first kappa shape index (κ1) is 15.9. The average Bonchev–Trinajstić information content (AvgIpc) is 2.29. The Labute approximate surface area is 102 Å². The molecule has 1 amide bonds. The molecule has 2 N–H and O–H groups in total. The molecule has 100 valence electrons. The Morgan fingerprint density at radius 1 is 1.24 bits per heavy atom. The van der Waals surface area contributed by atoms with Gasteiger partial charge in [-0.25, -0.2) is 0 Å². The number of nitrogens with zero attached hydrogens (tertiary/aromatic N) is 1. The van der Waals surface area contributed by atoms with Crippen molar-refractivity contribution in [3.8, 4) is 0 Å². The summed E-state index contributed by atoms with van der Waals surface area (Å²) in [7, 11) is 0. The summed E-state index contributed by atoms with van der Waals surface area (Å²) in [6.07, 6.45) is 1.47. The molecule has 0 saturated carbocycles. The molecule has 0 radical (unpaired) electrons. The van der Waals surface area contributed by atoms with E-state index < -0.39 is 11.9 Å². The summed E-state index contributed by atoms with van der Waals surface area (Å²) < 4.78 is 0. The summed E-state index contributed by atoms with van der Waals surface area (Å²) in [6.45, 7) is 5.65. The zero-order valence-electron chi connectivity index (χ0n) is 10.8. The van der Waals surface area contributed by atoms with Crippen LogP contribution in [0.5, 0.6) is 0 Å². The van der Waals surface area contributed by atoms with E-state index in [-0.39, 0.29) is 31.5 Å². The van der Waals surface area contributed by atoms with Crippen LogP contribution in [-0.2, 0) is 9.59 Å². The summed E-state index contributed by atoms with van der Waals surface area (Å²) in [5.41, 5.74) is 0. The third kappa shape index (κ3) is 5.17. The van der Waals surface area contributed by atoms with Crippen molar-refractivity contribution in [3.63, 3.8) is 0 Å². The maximum atomic E-state index is 12.1. The normalized spacial score (nSPS) is 12.5. The number of hydrogen-bond donors (Lipinski definition) is 2. The topological polar surface area (TPSA) is 77.8 Å². The summed E-state index contributed by atoms with van der Waals surface area (Å²) in [4.78, 5) is 24.3. The van der Waals surface area contributed by atoms with Gasteiger partial charge in [0, 0.05) is 19.0 Å². The molecule has 0 aromatic rings. The van der Waals surface area contributed by atoms with Crippen LogP contribution in [0.1, 0.15) is 33.6 Å². The van der Waals surface area contributed by atoms with Gasteiger partial charge in [0.05, 0.1) is 12.5 Å². The fourth-order valence-electron chi connectivity index (χ4n) is 1.72. The lowest BCUT2D eigenvalue weighted by atomic mass is 10.0. The van der Waals surface area contributed by atoms with Crippen LogP contribution in [0.4, 0.5) is 0 Å². The van der Waals surface area contributed by atoms with Crippen LogP contribution < -0.4 is 0 Å². The number of hydrogen-bond acceptors (Lipinski definition) is 3. The minimum absolute atomic E-state index is 0.0582. The quantitative estimate of drug-likeness (QED) is 0.668. The lowest BCUT2D eigenvalue weighted by Gasteiger charge is -2.27. The number of carboxylic acids is 1. The summed E-state index contributed by atoms with van der Waals surface area (Å²) in [6, 6.07) is 0. The second-order valence-corrected chi connectivity index (χ2v) is 4.26. The summed E-state index contributed by atoms with van der Waals surface area (Å²) >= 11 is 0. The van der Waals surface area contributed by atoms with Crippen LogP contribution in [0, 0.1) is 11.8 Å². The van der Waals surface area contributed by atoms with E-state index in [1.54, 1.807) is 6.92 Å². The summed E-state index contributed by atoms with van der Waals surface area (Å²) in [5, 5.41) is 17.8. The highest BCUT2D eigenvalue weighted by Gasteiger charge is 2.24. The van der Waals surface area contributed by atoms with E-state index >= 15 is 0 Å². The molecule has 0 rings (SSSR count). The summed E-state index contributed by atoms with van der Waals surface area (Å²) in [5.74, 6) is -1.68. The molecule has 0 fully saturated rings. The van der Waals surface area contributed by atoms with Crippen molar-refractivity contribution in [2.24, 2.45) is 11.8 Å². The van der Waals surface area contributed by atoms with Crippen molar-refractivity contribution in [2.75, 3.05) is 19.7 Å². The minimum Gasteiger partial charge on any atom is -0.481 e. The maximum absolute atomic E-state index is 12.1. The van der Waals surface area contributed by atoms with Gasteiger partial charge in [0.15, 0.2) is 0 Å². The fraction of sp³-hybridized carbons (Fsp3) is 0.833. The number of carboxylic acid groups (broad SMARTS) is 1. The molecule has 1 unspecified atom stereocenters. The largest absolute Gasteiger partial charge is 0.481 e. The van der Waals surface area contributed by atoms with Crippen molar-refractivity contribution < 1.29 is 19.8 Å². The molecular weight excluding hydrogens is 222 g/mol. The van der Waals surface area contributed by atoms with Crippen molar-refractivity contribution in [1.29, 1.82) is 0 Å². The van der Waals surface area contributed by atoms with Crippen LogP contribution in [0.2, 0.25) is 0 Å². The molecule has 0 aromatic heterocycles. The molecule has 5 nitrogen and oxygen atoms in total. The van der Waals surface area contributed by atoms with E-state index in [4.69, 9.17) is 10.2 Å². The molecule has 0 heterocycles. The molecule has 5 heteroatoms. The van der Waals surface area contributed by atoms with E-state index in [2.05, 4.69) is 0 Å². The van der Waals surface area contributed by atoms with E-state index in [1.807, 2.05) is 13.8 Å². The molecule has 0 aliphatic heterocycles. The Morgan fingerprint density at radius 2 is 1.76 bits per heavy atom. The smallest absolute Gasteiger partial charge is 0.308 e. The molecule has 0 spiro atoms. The maximum Gasteiger partial charge on any atom is 0.308 e.